The number of rotatable bonds is 8. The van der Waals surface area contributed by atoms with Crippen LogP contribution in [-0.4, -0.2) is 32.5 Å². The first kappa shape index (κ1) is 23.6. The third-order valence-corrected chi connectivity index (χ3v) is 8.72. The van der Waals surface area contributed by atoms with Crippen LogP contribution in [0.2, 0.25) is 0 Å². The molecular weight excluding hydrogens is 450 g/mol. The number of nitrogens with zero attached hydrogens (tertiary/aromatic N) is 1. The first-order valence-electron chi connectivity index (χ1n) is 13.9. The molecule has 6 rings (SSSR count). The molecule has 0 N–H and O–H groups in total. The summed E-state index contributed by atoms with van der Waals surface area (Å²) in [6, 6.07) is 9.20. The lowest BCUT2D eigenvalue weighted by atomic mass is 9.76. The molecule has 1 unspecified atom stereocenters. The molecule has 0 amide bonds. The molecule has 3 heterocycles. The smallest absolute Gasteiger partial charge is 0.231 e. The maximum Gasteiger partial charge on any atom is 0.231 e. The number of methoxy groups -OCH3 is 2. The highest BCUT2D eigenvalue weighted by Gasteiger charge is 2.43. The van der Waals surface area contributed by atoms with Crippen LogP contribution in [0.5, 0.6) is 23.0 Å². The molecule has 0 saturated heterocycles. The molecule has 0 spiro atoms. The van der Waals surface area contributed by atoms with E-state index >= 15 is 0 Å². The van der Waals surface area contributed by atoms with Crippen molar-refractivity contribution in [3.63, 3.8) is 0 Å². The van der Waals surface area contributed by atoms with E-state index in [0.29, 0.717) is 18.8 Å². The molecule has 1 aliphatic carbocycles. The molecule has 2 aromatic carbocycles. The number of ether oxygens (including phenoxy) is 4. The highest BCUT2D eigenvalue weighted by Crippen LogP contribution is 2.57. The minimum Gasteiger partial charge on any atom is -0.493 e. The zero-order valence-corrected chi connectivity index (χ0v) is 22.0. The molecule has 3 aliphatic heterocycles. The summed E-state index contributed by atoms with van der Waals surface area (Å²) in [6.45, 7) is 3.61. The van der Waals surface area contributed by atoms with Crippen molar-refractivity contribution in [3.05, 3.63) is 46.5 Å². The summed E-state index contributed by atoms with van der Waals surface area (Å²) >= 11 is 0. The Morgan fingerprint density at radius 3 is 2.50 bits per heavy atom. The molecular formula is C31H39NO4. The van der Waals surface area contributed by atoms with E-state index in [-0.39, 0.29) is 0 Å². The molecule has 36 heavy (non-hydrogen) atoms. The fourth-order valence-electron chi connectivity index (χ4n) is 7.07. The predicted octanol–water partition coefficient (Wildman–Crippen LogP) is 7.37. The maximum absolute atomic E-state index is 6.11. The van der Waals surface area contributed by atoms with Gasteiger partial charge < -0.3 is 23.8 Å². The summed E-state index contributed by atoms with van der Waals surface area (Å²) in [7, 11) is 3.56. The summed E-state index contributed by atoms with van der Waals surface area (Å²) in [5.74, 6) is 4.16. The maximum atomic E-state index is 6.11. The van der Waals surface area contributed by atoms with Crippen molar-refractivity contribution in [2.24, 2.45) is 5.92 Å². The van der Waals surface area contributed by atoms with Gasteiger partial charge in [0, 0.05) is 23.4 Å². The van der Waals surface area contributed by atoms with Crippen molar-refractivity contribution in [3.8, 4) is 23.0 Å². The molecule has 0 aromatic heterocycles. The summed E-state index contributed by atoms with van der Waals surface area (Å²) in [5.41, 5.74) is 8.30. The highest BCUT2D eigenvalue weighted by atomic mass is 16.7. The first-order valence-corrected chi connectivity index (χ1v) is 13.9. The van der Waals surface area contributed by atoms with Gasteiger partial charge in [0.25, 0.3) is 0 Å². The van der Waals surface area contributed by atoms with Crippen molar-refractivity contribution in [2.45, 2.75) is 77.2 Å². The van der Waals surface area contributed by atoms with Gasteiger partial charge in [-0.25, -0.2) is 0 Å². The normalized spacial score (nSPS) is 20.3. The number of unbranched alkanes of at least 4 members (excludes halogenated alkanes) is 3. The van der Waals surface area contributed by atoms with E-state index in [2.05, 4.69) is 36.1 Å². The van der Waals surface area contributed by atoms with Crippen molar-refractivity contribution in [1.82, 2.24) is 4.90 Å². The van der Waals surface area contributed by atoms with Crippen LogP contribution in [0, 0.1) is 5.92 Å². The Bertz CT molecular complexity index is 1160. The summed E-state index contributed by atoms with van der Waals surface area (Å²) < 4.78 is 23.5. The lowest BCUT2D eigenvalue weighted by molar-refractivity contribution is 0.174. The molecule has 192 valence electrons. The van der Waals surface area contributed by atoms with E-state index in [9.17, 15) is 0 Å². The second kappa shape index (κ2) is 9.91. The van der Waals surface area contributed by atoms with E-state index in [1.165, 1.54) is 84.9 Å². The molecule has 0 bridgehead atoms. The second-order valence-electron chi connectivity index (χ2n) is 10.7. The second-order valence-corrected chi connectivity index (χ2v) is 10.7. The van der Waals surface area contributed by atoms with E-state index in [0.717, 1.165) is 42.4 Å². The minimum atomic E-state index is 0.306. The van der Waals surface area contributed by atoms with Crippen LogP contribution in [0.1, 0.15) is 93.0 Å². The summed E-state index contributed by atoms with van der Waals surface area (Å²) in [5, 5.41) is 0. The quantitative estimate of drug-likeness (QED) is 0.362. The Morgan fingerprint density at radius 2 is 1.75 bits per heavy atom. The van der Waals surface area contributed by atoms with Crippen molar-refractivity contribution < 1.29 is 18.9 Å². The van der Waals surface area contributed by atoms with Gasteiger partial charge in [-0.1, -0.05) is 45.1 Å². The van der Waals surface area contributed by atoms with Gasteiger partial charge >= 0.3 is 0 Å². The molecule has 0 radical (unpaired) electrons. The Morgan fingerprint density at radius 1 is 0.944 bits per heavy atom. The molecule has 5 nitrogen and oxygen atoms in total. The number of allylic oxidation sites excluding steroid dienone is 1. The Kier molecular flexibility index (Phi) is 6.49. The summed E-state index contributed by atoms with van der Waals surface area (Å²) in [6.07, 6.45) is 12.2. The zero-order chi connectivity index (χ0) is 24.6. The minimum absolute atomic E-state index is 0.306. The van der Waals surface area contributed by atoms with E-state index in [1.807, 2.05) is 0 Å². The lowest BCUT2D eigenvalue weighted by Gasteiger charge is -2.48. The zero-order valence-electron chi connectivity index (χ0n) is 22.0. The Labute approximate surface area is 215 Å². The number of fused-ring (bicyclic) bond motifs is 5. The molecule has 1 atom stereocenters. The third kappa shape index (κ3) is 3.82. The average Bonchev–Trinajstić information content (AvgIpc) is 3.60. The fraction of sp³-hybridized carbons (Fsp3) is 0.548. The number of benzene rings is 2. The molecule has 5 heteroatoms. The van der Waals surface area contributed by atoms with Crippen molar-refractivity contribution in [1.29, 1.82) is 0 Å². The van der Waals surface area contributed by atoms with Crippen LogP contribution in [0.4, 0.5) is 0 Å². The monoisotopic (exact) mass is 489 g/mol. The largest absolute Gasteiger partial charge is 0.493 e. The molecule has 1 saturated carbocycles. The Balaban J connectivity index is 1.58. The third-order valence-electron chi connectivity index (χ3n) is 8.72. The van der Waals surface area contributed by atoms with E-state index in [4.69, 9.17) is 18.9 Å². The molecule has 1 fully saturated rings. The van der Waals surface area contributed by atoms with Crippen LogP contribution in [-0.2, 0) is 6.42 Å². The molecule has 2 aromatic rings. The lowest BCUT2D eigenvalue weighted by Crippen LogP contribution is -2.40. The van der Waals surface area contributed by atoms with E-state index < -0.39 is 0 Å². The predicted molar refractivity (Wildman–Crippen MR) is 143 cm³/mol. The van der Waals surface area contributed by atoms with Gasteiger partial charge in [0.05, 0.1) is 20.3 Å². The van der Waals surface area contributed by atoms with Gasteiger partial charge in [0.1, 0.15) is 0 Å². The number of hydrogen-bond acceptors (Lipinski definition) is 5. The van der Waals surface area contributed by atoms with Crippen molar-refractivity contribution in [2.75, 3.05) is 27.6 Å². The van der Waals surface area contributed by atoms with Gasteiger partial charge in [-0.3, -0.25) is 0 Å². The first-order chi connectivity index (χ1) is 17.7. The van der Waals surface area contributed by atoms with Crippen LogP contribution >= 0.6 is 0 Å². The molecule has 4 aliphatic rings. The van der Waals surface area contributed by atoms with Gasteiger partial charge in [0.2, 0.25) is 6.79 Å². The van der Waals surface area contributed by atoms with Crippen LogP contribution in [0.15, 0.2) is 24.3 Å². The van der Waals surface area contributed by atoms with Gasteiger partial charge in [-0.2, -0.15) is 0 Å². The van der Waals surface area contributed by atoms with Gasteiger partial charge in [-0.15, -0.1) is 0 Å². The topological polar surface area (TPSA) is 40.2 Å². The van der Waals surface area contributed by atoms with Crippen LogP contribution in [0.3, 0.4) is 0 Å². The van der Waals surface area contributed by atoms with Crippen LogP contribution in [0.25, 0.3) is 11.3 Å². The summed E-state index contributed by atoms with van der Waals surface area (Å²) in [4.78, 5) is 2.74. The number of hydrogen-bond donors (Lipinski definition) is 0. The standard InChI is InChI=1S/C31H39NO4/c1-4-5-6-7-12-23-22-13-14-25(33-2)31(34-3)28(22)29(20-10-8-9-11-20)32-16-15-21-17-26-27(36-19-35-26)18-24(21)30(23)32/h13-14,17-18,20,29H,4-12,15-16,19H2,1-3H3. The van der Waals surface area contributed by atoms with Gasteiger partial charge in [-0.05, 0) is 72.9 Å². The van der Waals surface area contributed by atoms with Crippen LogP contribution < -0.4 is 18.9 Å². The van der Waals surface area contributed by atoms with Gasteiger partial charge in [0.15, 0.2) is 23.0 Å². The van der Waals surface area contributed by atoms with E-state index in [1.54, 1.807) is 14.2 Å². The van der Waals surface area contributed by atoms with Crippen molar-refractivity contribution >= 4 is 11.3 Å². The highest BCUT2D eigenvalue weighted by molar-refractivity contribution is 5.95. The average molecular weight is 490 g/mol. The SMILES string of the molecule is CCCCCCC1=C2c3cc4c(cc3CCN2C(C2CCCC2)c2c1ccc(OC)c2OC)OCO4. The fourth-order valence-corrected chi connectivity index (χ4v) is 7.07. The Hall–Kier alpha value is -2.82.